The van der Waals surface area contributed by atoms with Gasteiger partial charge in [-0.05, 0) is 0 Å². The first-order valence-corrected chi connectivity index (χ1v) is 3.48. The van der Waals surface area contributed by atoms with Gasteiger partial charge in [0.25, 0.3) is 5.89 Å². The van der Waals surface area contributed by atoms with Crippen molar-refractivity contribution in [2.45, 2.75) is 6.92 Å². The minimum Gasteiger partial charge on any atom is -0.330 e. The Hall–Kier alpha value is -2.05. The smallest absolute Gasteiger partial charge is 0.294 e. The fourth-order valence-corrected chi connectivity index (χ4v) is 0.776. The lowest BCUT2D eigenvalue weighted by Gasteiger charge is -1.80. The lowest BCUT2D eigenvalue weighted by Crippen LogP contribution is -1.91. The second-order valence-corrected chi connectivity index (χ2v) is 2.31. The molecular weight excluding hydrogens is 174 g/mol. The number of rotatable bonds is 2. The number of carbonyl (C=O) groups is 1. The minimum atomic E-state index is -0.279. The van der Waals surface area contributed by atoms with Crippen LogP contribution in [0.1, 0.15) is 17.6 Å². The number of ketones is 1. The summed E-state index contributed by atoms with van der Waals surface area (Å²) in [5.41, 5.74) is 0. The molecule has 0 aromatic carbocycles. The highest BCUT2D eigenvalue weighted by Gasteiger charge is 2.13. The molecule has 0 saturated heterocycles. The van der Waals surface area contributed by atoms with Crippen molar-refractivity contribution in [1.29, 1.82) is 0 Å². The van der Waals surface area contributed by atoms with Gasteiger partial charge in [-0.15, -0.1) is 0 Å². The Kier molecular flexibility index (Phi) is 1.62. The maximum absolute atomic E-state index is 10.8. The Balaban J connectivity index is 2.39. The van der Waals surface area contributed by atoms with Crippen molar-refractivity contribution in [2.24, 2.45) is 0 Å². The standard InChI is InChI=1S/C6H5N5O2/c1-3(12)6-9-5(11-13-6)4-7-2-8-10-4/h2H,1H3,(H,7,8,10). The largest absolute Gasteiger partial charge is 0.330 e. The topological polar surface area (TPSA) is 97.6 Å². The van der Waals surface area contributed by atoms with Crippen LogP contribution < -0.4 is 0 Å². The van der Waals surface area contributed by atoms with Crippen LogP contribution in [0.5, 0.6) is 0 Å². The molecule has 0 atom stereocenters. The lowest BCUT2D eigenvalue weighted by molar-refractivity contribution is 0.0972. The van der Waals surface area contributed by atoms with E-state index in [-0.39, 0.29) is 17.5 Å². The van der Waals surface area contributed by atoms with Crippen LogP contribution in [0.15, 0.2) is 10.9 Å². The van der Waals surface area contributed by atoms with Crippen molar-refractivity contribution in [3.63, 3.8) is 0 Å². The first-order valence-electron chi connectivity index (χ1n) is 3.48. The van der Waals surface area contributed by atoms with E-state index in [4.69, 9.17) is 0 Å². The molecule has 2 rings (SSSR count). The van der Waals surface area contributed by atoms with Gasteiger partial charge in [0.05, 0.1) is 0 Å². The SMILES string of the molecule is CC(=O)c1nc(-c2ncn[nH]2)no1. The fourth-order valence-electron chi connectivity index (χ4n) is 0.776. The number of nitrogens with zero attached hydrogens (tertiary/aromatic N) is 4. The van der Waals surface area contributed by atoms with Crippen molar-refractivity contribution in [1.82, 2.24) is 25.3 Å². The summed E-state index contributed by atoms with van der Waals surface area (Å²) >= 11 is 0. The molecule has 13 heavy (non-hydrogen) atoms. The Morgan fingerprint density at radius 2 is 2.46 bits per heavy atom. The van der Waals surface area contributed by atoms with E-state index >= 15 is 0 Å². The quantitative estimate of drug-likeness (QED) is 0.654. The molecule has 0 aliphatic rings. The molecule has 2 aromatic heterocycles. The summed E-state index contributed by atoms with van der Waals surface area (Å²) in [4.78, 5) is 18.4. The Bertz CT molecular complexity index is 418. The van der Waals surface area contributed by atoms with Gasteiger partial charge < -0.3 is 4.52 Å². The number of hydrogen-bond donors (Lipinski definition) is 1. The van der Waals surface area contributed by atoms with Crippen molar-refractivity contribution >= 4 is 5.78 Å². The molecule has 0 fully saturated rings. The van der Waals surface area contributed by atoms with E-state index in [0.29, 0.717) is 5.82 Å². The third-order valence-corrected chi connectivity index (χ3v) is 1.35. The number of aromatic amines is 1. The van der Waals surface area contributed by atoms with E-state index in [9.17, 15) is 4.79 Å². The molecule has 0 unspecified atom stereocenters. The number of H-pyrrole nitrogens is 1. The molecule has 0 amide bonds. The van der Waals surface area contributed by atoms with Gasteiger partial charge in [0, 0.05) is 6.92 Å². The maximum Gasteiger partial charge on any atom is 0.294 e. The Morgan fingerprint density at radius 3 is 3.00 bits per heavy atom. The van der Waals surface area contributed by atoms with E-state index in [1.165, 1.54) is 13.3 Å². The molecular formula is C6H5N5O2. The second kappa shape index (κ2) is 2.77. The van der Waals surface area contributed by atoms with E-state index in [1.807, 2.05) is 0 Å². The van der Waals surface area contributed by atoms with Gasteiger partial charge in [0.2, 0.25) is 11.6 Å². The normalized spacial score (nSPS) is 10.2. The molecule has 2 heterocycles. The van der Waals surface area contributed by atoms with Gasteiger partial charge >= 0.3 is 0 Å². The zero-order valence-corrected chi connectivity index (χ0v) is 6.68. The van der Waals surface area contributed by atoms with Crippen LogP contribution in [0.2, 0.25) is 0 Å². The molecule has 7 nitrogen and oxygen atoms in total. The highest BCUT2D eigenvalue weighted by atomic mass is 16.5. The molecule has 0 radical (unpaired) electrons. The first kappa shape index (κ1) is 7.59. The molecule has 0 aliphatic heterocycles. The predicted octanol–water partition coefficient (Wildman–Crippen LogP) is 0.0573. The average molecular weight is 179 g/mol. The second-order valence-electron chi connectivity index (χ2n) is 2.31. The van der Waals surface area contributed by atoms with E-state index in [2.05, 4.69) is 29.8 Å². The molecule has 1 N–H and O–H groups in total. The molecule has 0 saturated carbocycles. The van der Waals surface area contributed by atoms with Crippen LogP contribution in [0, 0.1) is 0 Å². The van der Waals surface area contributed by atoms with Crippen LogP contribution in [-0.2, 0) is 0 Å². The van der Waals surface area contributed by atoms with Crippen LogP contribution in [-0.4, -0.2) is 31.1 Å². The maximum atomic E-state index is 10.8. The van der Waals surface area contributed by atoms with Gasteiger partial charge in [0.15, 0.2) is 5.82 Å². The number of carbonyl (C=O) groups excluding carboxylic acids is 1. The van der Waals surface area contributed by atoms with Crippen LogP contribution in [0.4, 0.5) is 0 Å². The van der Waals surface area contributed by atoms with Crippen molar-refractivity contribution in [2.75, 3.05) is 0 Å². The van der Waals surface area contributed by atoms with Gasteiger partial charge in [-0.25, -0.2) is 4.98 Å². The third-order valence-electron chi connectivity index (χ3n) is 1.35. The van der Waals surface area contributed by atoms with E-state index < -0.39 is 0 Å². The number of nitrogens with one attached hydrogen (secondary N) is 1. The number of aromatic nitrogens is 5. The Morgan fingerprint density at radius 1 is 1.62 bits per heavy atom. The molecule has 0 bridgehead atoms. The molecule has 2 aromatic rings. The minimum absolute atomic E-state index is 0.0357. The highest BCUT2D eigenvalue weighted by molar-refractivity contribution is 5.89. The summed E-state index contributed by atoms with van der Waals surface area (Å²) in [5, 5.41) is 9.70. The molecule has 0 spiro atoms. The highest BCUT2D eigenvalue weighted by Crippen LogP contribution is 2.08. The van der Waals surface area contributed by atoms with E-state index in [0.717, 1.165) is 0 Å². The summed E-state index contributed by atoms with van der Waals surface area (Å²) in [7, 11) is 0. The zero-order chi connectivity index (χ0) is 9.26. The van der Waals surface area contributed by atoms with Crippen molar-refractivity contribution in [3.05, 3.63) is 12.2 Å². The van der Waals surface area contributed by atoms with Gasteiger partial charge in [0.1, 0.15) is 6.33 Å². The van der Waals surface area contributed by atoms with Crippen molar-refractivity contribution < 1.29 is 9.32 Å². The molecule has 66 valence electrons. The predicted molar refractivity (Wildman–Crippen MR) is 39.7 cm³/mol. The van der Waals surface area contributed by atoms with Gasteiger partial charge in [-0.1, -0.05) is 5.16 Å². The van der Waals surface area contributed by atoms with Crippen LogP contribution >= 0.6 is 0 Å². The summed E-state index contributed by atoms with van der Waals surface area (Å²) in [6.07, 6.45) is 1.32. The first-order chi connectivity index (χ1) is 6.27. The molecule has 0 aliphatic carbocycles. The van der Waals surface area contributed by atoms with Gasteiger partial charge in [-0.2, -0.15) is 10.1 Å². The number of hydrogen-bond acceptors (Lipinski definition) is 6. The van der Waals surface area contributed by atoms with Crippen LogP contribution in [0.3, 0.4) is 0 Å². The fraction of sp³-hybridized carbons (Fsp3) is 0.167. The van der Waals surface area contributed by atoms with Gasteiger partial charge in [-0.3, -0.25) is 9.89 Å². The van der Waals surface area contributed by atoms with Crippen molar-refractivity contribution in [3.8, 4) is 11.6 Å². The lowest BCUT2D eigenvalue weighted by atomic mass is 10.4. The summed E-state index contributed by atoms with van der Waals surface area (Å²) in [6, 6.07) is 0. The zero-order valence-electron chi connectivity index (χ0n) is 6.68. The number of Topliss-reactive ketones (excluding diaryl/α,β-unsaturated/α-hetero) is 1. The third kappa shape index (κ3) is 1.31. The summed E-state index contributed by atoms with van der Waals surface area (Å²) in [5.74, 6) is 0.281. The monoisotopic (exact) mass is 179 g/mol. The van der Waals surface area contributed by atoms with Crippen LogP contribution in [0.25, 0.3) is 11.6 Å². The molecule has 7 heteroatoms. The summed E-state index contributed by atoms with van der Waals surface area (Å²) in [6.45, 7) is 1.34. The summed E-state index contributed by atoms with van der Waals surface area (Å²) < 4.78 is 4.65. The van der Waals surface area contributed by atoms with E-state index in [1.54, 1.807) is 0 Å². The average Bonchev–Trinajstić information content (AvgIpc) is 2.75. The Labute approximate surface area is 72.2 Å².